The van der Waals surface area contributed by atoms with E-state index in [-0.39, 0.29) is 22.9 Å². The largest absolute Gasteiger partial charge is 0.462 e. The van der Waals surface area contributed by atoms with Crippen LogP contribution in [0.15, 0.2) is 5.10 Å². The number of nitrogens with two attached hydrogens (primary N) is 1. The molecule has 3 aliphatic carbocycles. The van der Waals surface area contributed by atoms with Crippen molar-refractivity contribution in [1.29, 1.82) is 0 Å². The molecule has 23 heavy (non-hydrogen) atoms. The van der Waals surface area contributed by atoms with Crippen molar-refractivity contribution in [2.75, 3.05) is 0 Å². The zero-order valence-electron chi connectivity index (χ0n) is 15.3. The Balaban J connectivity index is 2.06. The Labute approximate surface area is 140 Å². The first-order chi connectivity index (χ1) is 10.7. The van der Waals surface area contributed by atoms with Crippen LogP contribution in [0.4, 0.5) is 0 Å². The molecule has 0 heterocycles. The Morgan fingerprint density at radius 2 is 1.83 bits per heavy atom. The third-order valence-electron chi connectivity index (χ3n) is 7.70. The minimum atomic E-state index is -0.146. The van der Waals surface area contributed by atoms with Gasteiger partial charge in [0.2, 0.25) is 0 Å². The summed E-state index contributed by atoms with van der Waals surface area (Å²) in [6.07, 6.45) is 6.57. The number of hydrogen-bond donors (Lipinski definition) is 1. The van der Waals surface area contributed by atoms with Crippen LogP contribution in [0.25, 0.3) is 0 Å². The van der Waals surface area contributed by atoms with Gasteiger partial charge in [-0.1, -0.05) is 27.7 Å². The van der Waals surface area contributed by atoms with Gasteiger partial charge in [0.1, 0.15) is 6.10 Å². The number of hydrogen-bond acceptors (Lipinski definition) is 4. The van der Waals surface area contributed by atoms with Crippen molar-refractivity contribution in [3.8, 4) is 0 Å². The minimum Gasteiger partial charge on any atom is -0.462 e. The van der Waals surface area contributed by atoms with Gasteiger partial charge in [0.15, 0.2) is 0 Å². The maximum atomic E-state index is 11.7. The fourth-order valence-electron chi connectivity index (χ4n) is 6.67. The van der Waals surface area contributed by atoms with Crippen LogP contribution in [0.5, 0.6) is 0 Å². The Bertz CT molecular complexity index is 541. The van der Waals surface area contributed by atoms with E-state index in [2.05, 4.69) is 32.8 Å². The maximum Gasteiger partial charge on any atom is 0.302 e. The van der Waals surface area contributed by atoms with Crippen LogP contribution in [-0.2, 0) is 9.53 Å². The molecule has 0 spiro atoms. The maximum absolute atomic E-state index is 11.7. The lowest BCUT2D eigenvalue weighted by Crippen LogP contribution is -2.61. The number of carbonyl (C=O) groups excluding carboxylic acids is 1. The lowest BCUT2D eigenvalue weighted by molar-refractivity contribution is -0.197. The van der Waals surface area contributed by atoms with Gasteiger partial charge >= 0.3 is 5.97 Å². The summed E-state index contributed by atoms with van der Waals surface area (Å²) < 4.78 is 5.87. The van der Waals surface area contributed by atoms with Gasteiger partial charge in [0, 0.05) is 23.5 Å². The van der Waals surface area contributed by atoms with Gasteiger partial charge in [-0.15, -0.1) is 0 Å². The fraction of sp³-hybridized carbons (Fsp3) is 0.895. The Morgan fingerprint density at radius 1 is 1.13 bits per heavy atom. The van der Waals surface area contributed by atoms with Gasteiger partial charge in [0.25, 0.3) is 0 Å². The van der Waals surface area contributed by atoms with E-state index in [1.54, 1.807) is 6.92 Å². The normalized spacial score (nSPS) is 47.0. The van der Waals surface area contributed by atoms with Crippen molar-refractivity contribution in [3.05, 3.63) is 0 Å². The third kappa shape index (κ3) is 2.24. The molecule has 3 rings (SSSR count). The van der Waals surface area contributed by atoms with Crippen LogP contribution in [0.2, 0.25) is 0 Å². The molecule has 0 unspecified atom stereocenters. The number of rotatable bonds is 1. The van der Waals surface area contributed by atoms with Crippen LogP contribution < -0.4 is 5.84 Å². The molecule has 0 radical (unpaired) electrons. The molecule has 0 aromatic rings. The van der Waals surface area contributed by atoms with Crippen molar-refractivity contribution < 1.29 is 9.53 Å². The molecule has 0 saturated heterocycles. The average molecular weight is 320 g/mol. The summed E-state index contributed by atoms with van der Waals surface area (Å²) in [5.74, 6) is 6.65. The van der Waals surface area contributed by atoms with E-state index in [4.69, 9.17) is 10.6 Å². The molecule has 5 atom stereocenters. The van der Waals surface area contributed by atoms with E-state index in [1.165, 1.54) is 12.1 Å². The van der Waals surface area contributed by atoms with Crippen molar-refractivity contribution in [2.45, 2.75) is 79.2 Å². The van der Waals surface area contributed by atoms with E-state index in [1.807, 2.05) is 0 Å². The summed E-state index contributed by atoms with van der Waals surface area (Å²) in [6, 6.07) is 0. The quantitative estimate of drug-likeness (QED) is 0.453. The van der Waals surface area contributed by atoms with Gasteiger partial charge in [0.05, 0.1) is 0 Å². The van der Waals surface area contributed by atoms with Gasteiger partial charge in [-0.05, 0) is 55.8 Å². The zero-order valence-corrected chi connectivity index (χ0v) is 15.3. The predicted octanol–water partition coefficient (Wildman–Crippen LogP) is 3.89. The number of fused-ring (bicyclic) bond motifs is 3. The van der Waals surface area contributed by atoms with Gasteiger partial charge < -0.3 is 10.6 Å². The van der Waals surface area contributed by atoms with E-state index < -0.39 is 0 Å². The molecule has 4 nitrogen and oxygen atoms in total. The zero-order chi connectivity index (χ0) is 17.0. The highest BCUT2D eigenvalue weighted by Crippen LogP contribution is 2.68. The summed E-state index contributed by atoms with van der Waals surface area (Å²) in [6.45, 7) is 11.1. The second kappa shape index (κ2) is 5.22. The summed E-state index contributed by atoms with van der Waals surface area (Å²) in [4.78, 5) is 11.7. The van der Waals surface area contributed by atoms with Crippen molar-refractivity contribution in [2.24, 2.45) is 39.0 Å². The highest BCUT2D eigenvalue weighted by molar-refractivity contribution is 5.92. The Kier molecular flexibility index (Phi) is 3.81. The average Bonchev–Trinajstić information content (AvgIpc) is 2.79. The molecule has 130 valence electrons. The van der Waals surface area contributed by atoms with Crippen molar-refractivity contribution >= 4 is 11.7 Å². The van der Waals surface area contributed by atoms with Crippen molar-refractivity contribution in [1.82, 2.24) is 0 Å². The van der Waals surface area contributed by atoms with E-state index >= 15 is 0 Å². The second-order valence-electron chi connectivity index (χ2n) is 9.17. The molecule has 3 saturated carbocycles. The van der Waals surface area contributed by atoms with E-state index in [9.17, 15) is 4.79 Å². The van der Waals surface area contributed by atoms with Crippen LogP contribution in [0, 0.1) is 28.1 Å². The predicted molar refractivity (Wildman–Crippen MR) is 91.9 cm³/mol. The third-order valence-corrected chi connectivity index (χ3v) is 7.70. The number of esters is 1. The smallest absolute Gasteiger partial charge is 0.302 e. The van der Waals surface area contributed by atoms with Crippen LogP contribution >= 0.6 is 0 Å². The molecule has 2 N–H and O–H groups in total. The second-order valence-corrected chi connectivity index (χ2v) is 9.17. The molecule has 0 aromatic carbocycles. The minimum absolute atomic E-state index is 0.0207. The highest BCUT2D eigenvalue weighted by Gasteiger charge is 2.65. The monoisotopic (exact) mass is 320 g/mol. The first-order valence-electron chi connectivity index (χ1n) is 9.10. The Hall–Kier alpha value is -1.06. The summed E-state index contributed by atoms with van der Waals surface area (Å²) in [7, 11) is 0. The van der Waals surface area contributed by atoms with Crippen LogP contribution in [-0.4, -0.2) is 17.8 Å². The van der Waals surface area contributed by atoms with Crippen LogP contribution in [0.1, 0.15) is 73.1 Å². The van der Waals surface area contributed by atoms with Crippen molar-refractivity contribution in [3.63, 3.8) is 0 Å². The molecule has 4 heteroatoms. The first-order valence-corrected chi connectivity index (χ1v) is 9.10. The molecule has 3 fully saturated rings. The molecular weight excluding hydrogens is 288 g/mol. The lowest BCUT2D eigenvalue weighted by atomic mass is 9.43. The molecule has 0 aromatic heterocycles. The molecule has 0 amide bonds. The summed E-state index contributed by atoms with van der Waals surface area (Å²) >= 11 is 0. The Morgan fingerprint density at radius 3 is 2.43 bits per heavy atom. The fourth-order valence-corrected chi connectivity index (χ4v) is 6.67. The highest BCUT2D eigenvalue weighted by atomic mass is 16.5. The summed E-state index contributed by atoms with van der Waals surface area (Å²) in [5, 5.41) is 4.14. The molecular formula is C19H32N2O2. The van der Waals surface area contributed by atoms with Gasteiger partial charge in [-0.2, -0.15) is 5.10 Å². The topological polar surface area (TPSA) is 64.7 Å². The SMILES string of the molecule is CC(=O)O[C@H]1CCC(C)(C)[C@H]2CC[C@@]3(C)/C(=N/N)CC[C@H]3[C@]12C. The van der Waals surface area contributed by atoms with Gasteiger partial charge in [-0.25, -0.2) is 0 Å². The number of ether oxygens (including phenoxy) is 1. The molecule has 0 aliphatic heterocycles. The van der Waals surface area contributed by atoms with Gasteiger partial charge in [-0.3, -0.25) is 4.79 Å². The number of nitrogens with zero attached hydrogens (tertiary/aromatic N) is 1. The molecule has 0 bridgehead atoms. The first kappa shape index (κ1) is 16.8. The lowest BCUT2D eigenvalue weighted by Gasteiger charge is -2.63. The molecule has 3 aliphatic rings. The number of carbonyl (C=O) groups is 1. The number of hydrazone groups is 1. The summed E-state index contributed by atoms with van der Waals surface area (Å²) in [5.41, 5.74) is 1.57. The standard InChI is InChI=1S/C19H32N2O2/c1-12(22)23-16-9-10-17(2,3)13-8-11-18(4)14(19(13,16)5)6-7-15(18)21-20/h13-14,16H,6-11,20H2,1-5H3/b21-15+/t13-,14-,16+,18-,19-/m1/s1. The van der Waals surface area contributed by atoms with E-state index in [0.717, 1.165) is 32.1 Å². The van der Waals surface area contributed by atoms with Crippen LogP contribution in [0.3, 0.4) is 0 Å². The van der Waals surface area contributed by atoms with E-state index in [0.29, 0.717) is 17.3 Å².